The number of carbonyl (C=O) groups excluding carboxylic acids is 3. The van der Waals surface area contributed by atoms with Gasteiger partial charge >= 0.3 is 12.1 Å². The van der Waals surface area contributed by atoms with Crippen LogP contribution in [0.4, 0.5) is 4.79 Å². The highest BCUT2D eigenvalue weighted by Gasteiger charge is 2.27. The van der Waals surface area contributed by atoms with Gasteiger partial charge in [-0.05, 0) is 36.8 Å². The Bertz CT molecular complexity index is 892. The van der Waals surface area contributed by atoms with Crippen LogP contribution in [0.5, 0.6) is 5.75 Å². The summed E-state index contributed by atoms with van der Waals surface area (Å²) in [7, 11) is 0. The van der Waals surface area contributed by atoms with Crippen LogP contribution in [0.2, 0.25) is 0 Å². The molecule has 0 bridgehead atoms. The number of alkyl carbamates (subject to hydrolysis) is 1. The molecule has 160 valence electrons. The zero-order valence-corrected chi connectivity index (χ0v) is 18.7. The van der Waals surface area contributed by atoms with Crippen LogP contribution >= 0.6 is 28.6 Å². The number of hydrogen-bond acceptors (Lipinski definition) is 7. The number of halogens is 1. The molecule has 0 fully saturated rings. The van der Waals surface area contributed by atoms with E-state index in [0.29, 0.717) is 22.0 Å². The zero-order valence-electron chi connectivity index (χ0n) is 16.2. The molecule has 0 spiro atoms. The lowest BCUT2D eigenvalue weighted by atomic mass is 9.94. The summed E-state index contributed by atoms with van der Waals surface area (Å²) in [6, 6.07) is 13.0. The van der Waals surface area contributed by atoms with Crippen LogP contribution in [-0.2, 0) is 14.3 Å². The molecule has 0 aromatic heterocycles. The maximum atomic E-state index is 12.4. The number of phenols is 1. The minimum atomic E-state index is -0.951. The van der Waals surface area contributed by atoms with Crippen molar-refractivity contribution in [3.05, 3.63) is 64.1 Å². The predicted molar refractivity (Wildman–Crippen MR) is 118 cm³/mol. The van der Waals surface area contributed by atoms with Crippen molar-refractivity contribution in [2.24, 2.45) is 5.92 Å². The Morgan fingerprint density at radius 1 is 1.17 bits per heavy atom. The standard InChI is InChI=1S/C21H22BrNO6S/c1-13(9-10-28-18(25)12-30)19(16-11-15(22)7-8-17(16)24)29-21(27)23-20(26)14-5-3-2-4-6-14/h2-8,11,13,19,24,30H,9-10,12H2,1H3,(H,23,26,27)/t13-,19+/m1/s1. The molecule has 7 nitrogen and oxygen atoms in total. The third-order valence-electron chi connectivity index (χ3n) is 4.26. The number of ether oxygens (including phenoxy) is 2. The molecule has 2 N–H and O–H groups in total. The van der Waals surface area contributed by atoms with E-state index < -0.39 is 24.1 Å². The van der Waals surface area contributed by atoms with Gasteiger partial charge in [0, 0.05) is 21.5 Å². The van der Waals surface area contributed by atoms with Crippen molar-refractivity contribution in [3.8, 4) is 5.75 Å². The van der Waals surface area contributed by atoms with Crippen LogP contribution in [0.15, 0.2) is 53.0 Å². The van der Waals surface area contributed by atoms with Gasteiger partial charge in [-0.25, -0.2) is 4.79 Å². The van der Waals surface area contributed by atoms with Crippen molar-refractivity contribution < 1.29 is 29.0 Å². The van der Waals surface area contributed by atoms with E-state index in [0.717, 1.165) is 0 Å². The number of phenolic OH excluding ortho intramolecular Hbond substituents is 1. The van der Waals surface area contributed by atoms with Gasteiger partial charge in [0.25, 0.3) is 5.91 Å². The van der Waals surface area contributed by atoms with Gasteiger partial charge in [-0.15, -0.1) is 0 Å². The summed E-state index contributed by atoms with van der Waals surface area (Å²) in [5.41, 5.74) is 0.669. The van der Waals surface area contributed by atoms with Gasteiger partial charge in [0.05, 0.1) is 12.4 Å². The minimum absolute atomic E-state index is 0.0370. The number of imide groups is 1. The Morgan fingerprint density at radius 2 is 1.87 bits per heavy atom. The third-order valence-corrected chi connectivity index (χ3v) is 5.02. The minimum Gasteiger partial charge on any atom is -0.508 e. The van der Waals surface area contributed by atoms with Crippen LogP contribution in [-0.4, -0.2) is 35.4 Å². The van der Waals surface area contributed by atoms with Crippen molar-refractivity contribution in [2.45, 2.75) is 19.4 Å². The van der Waals surface area contributed by atoms with E-state index in [9.17, 15) is 19.5 Å². The smallest absolute Gasteiger partial charge is 0.414 e. The Hall–Kier alpha value is -2.52. The summed E-state index contributed by atoms with van der Waals surface area (Å²) in [6.07, 6.45) is -1.48. The number of aromatic hydroxyl groups is 1. The van der Waals surface area contributed by atoms with E-state index in [-0.39, 0.29) is 24.0 Å². The SMILES string of the molecule is C[C@H](CCOC(=O)CS)[C@H](OC(=O)NC(=O)c1ccccc1)c1cc(Br)ccc1O. The molecule has 2 aromatic carbocycles. The second-order valence-electron chi connectivity index (χ2n) is 6.49. The molecule has 0 heterocycles. The zero-order chi connectivity index (χ0) is 22.1. The average molecular weight is 496 g/mol. The number of benzene rings is 2. The first-order valence-electron chi connectivity index (χ1n) is 9.13. The summed E-state index contributed by atoms with van der Waals surface area (Å²) in [5, 5.41) is 12.5. The molecule has 9 heteroatoms. The molecule has 2 atom stereocenters. The second-order valence-corrected chi connectivity index (χ2v) is 7.73. The normalized spacial score (nSPS) is 12.5. The van der Waals surface area contributed by atoms with Crippen LogP contribution in [0.1, 0.15) is 35.4 Å². The highest BCUT2D eigenvalue weighted by molar-refractivity contribution is 9.10. The van der Waals surface area contributed by atoms with E-state index in [4.69, 9.17) is 9.47 Å². The van der Waals surface area contributed by atoms with Gasteiger partial charge in [0.1, 0.15) is 11.9 Å². The van der Waals surface area contributed by atoms with E-state index >= 15 is 0 Å². The third kappa shape index (κ3) is 7.07. The van der Waals surface area contributed by atoms with E-state index in [2.05, 4.69) is 33.9 Å². The number of rotatable bonds is 8. The average Bonchev–Trinajstić information content (AvgIpc) is 2.74. The van der Waals surface area contributed by atoms with Crippen LogP contribution in [0.25, 0.3) is 0 Å². The Labute approximate surface area is 188 Å². The molecular weight excluding hydrogens is 474 g/mol. The van der Waals surface area contributed by atoms with E-state index in [1.807, 2.05) is 0 Å². The second kappa shape index (κ2) is 11.6. The van der Waals surface area contributed by atoms with Gasteiger partial charge in [0.2, 0.25) is 0 Å². The summed E-state index contributed by atoms with van der Waals surface area (Å²) in [4.78, 5) is 35.9. The van der Waals surface area contributed by atoms with E-state index in [1.54, 1.807) is 49.4 Å². The topological polar surface area (TPSA) is 102 Å². The number of amides is 2. The molecule has 2 rings (SSSR count). The van der Waals surface area contributed by atoms with Gasteiger partial charge in [0.15, 0.2) is 0 Å². The Kier molecular flexibility index (Phi) is 9.19. The van der Waals surface area contributed by atoms with E-state index in [1.165, 1.54) is 6.07 Å². The van der Waals surface area contributed by atoms with Crippen LogP contribution < -0.4 is 5.32 Å². The lowest BCUT2D eigenvalue weighted by molar-refractivity contribution is -0.141. The number of thiol groups is 1. The molecule has 0 aliphatic rings. The maximum Gasteiger partial charge on any atom is 0.414 e. The monoisotopic (exact) mass is 495 g/mol. The first-order chi connectivity index (χ1) is 14.3. The van der Waals surface area contributed by atoms with Crippen LogP contribution in [0, 0.1) is 5.92 Å². The summed E-state index contributed by atoms with van der Waals surface area (Å²) in [6.45, 7) is 1.88. The molecule has 0 aliphatic heterocycles. The maximum absolute atomic E-state index is 12.4. The van der Waals surface area contributed by atoms with Crippen molar-refractivity contribution in [1.29, 1.82) is 0 Å². The van der Waals surface area contributed by atoms with Crippen molar-refractivity contribution in [2.75, 3.05) is 12.4 Å². The lowest BCUT2D eigenvalue weighted by Crippen LogP contribution is -2.33. The fourth-order valence-corrected chi connectivity index (χ4v) is 3.16. The fraction of sp³-hybridized carbons (Fsp3) is 0.286. The van der Waals surface area contributed by atoms with Crippen molar-refractivity contribution in [1.82, 2.24) is 5.32 Å². The molecule has 0 radical (unpaired) electrons. The van der Waals surface area contributed by atoms with Crippen molar-refractivity contribution in [3.63, 3.8) is 0 Å². The molecule has 2 aromatic rings. The predicted octanol–water partition coefficient (Wildman–Crippen LogP) is 4.26. The largest absolute Gasteiger partial charge is 0.508 e. The number of hydrogen-bond donors (Lipinski definition) is 3. The Balaban J connectivity index is 2.14. The Morgan fingerprint density at radius 3 is 2.53 bits per heavy atom. The summed E-state index contributed by atoms with van der Waals surface area (Å²) >= 11 is 7.18. The number of carbonyl (C=O) groups is 3. The van der Waals surface area contributed by atoms with Gasteiger partial charge in [-0.1, -0.05) is 41.1 Å². The van der Waals surface area contributed by atoms with Gasteiger partial charge in [-0.2, -0.15) is 12.6 Å². The summed E-state index contributed by atoms with van der Waals surface area (Å²) < 4.78 is 11.2. The first-order valence-corrected chi connectivity index (χ1v) is 10.6. The molecule has 2 amide bonds. The molecule has 0 saturated heterocycles. The number of esters is 1. The summed E-state index contributed by atoms with van der Waals surface area (Å²) in [5.74, 6) is -1.50. The molecule has 0 unspecified atom stereocenters. The fourth-order valence-electron chi connectivity index (χ4n) is 2.69. The first kappa shape index (κ1) is 23.8. The molecule has 0 saturated carbocycles. The quantitative estimate of drug-likeness (QED) is 0.373. The highest BCUT2D eigenvalue weighted by Crippen LogP contribution is 2.36. The number of nitrogens with one attached hydrogen (secondary N) is 1. The molecule has 30 heavy (non-hydrogen) atoms. The van der Waals surface area contributed by atoms with Crippen molar-refractivity contribution >= 4 is 46.5 Å². The molecule has 0 aliphatic carbocycles. The van der Waals surface area contributed by atoms with Gasteiger partial charge in [-0.3, -0.25) is 14.9 Å². The lowest BCUT2D eigenvalue weighted by Gasteiger charge is -2.25. The highest BCUT2D eigenvalue weighted by atomic mass is 79.9. The van der Waals surface area contributed by atoms with Crippen LogP contribution in [0.3, 0.4) is 0 Å². The molecular formula is C21H22BrNO6S. The van der Waals surface area contributed by atoms with Gasteiger partial charge < -0.3 is 14.6 Å².